The molecule has 1 saturated heterocycles. The molecular weight excluding hydrogens is 314 g/mol. The lowest BCUT2D eigenvalue weighted by molar-refractivity contribution is -0.127. The van der Waals surface area contributed by atoms with Crippen molar-refractivity contribution in [3.8, 4) is 0 Å². The Balaban J connectivity index is 1.71. The van der Waals surface area contributed by atoms with E-state index in [2.05, 4.69) is 5.32 Å². The molecule has 130 valence electrons. The van der Waals surface area contributed by atoms with Crippen molar-refractivity contribution >= 4 is 17.5 Å². The predicted octanol–water partition coefficient (Wildman–Crippen LogP) is 2.56. The fraction of sp³-hybridized carbons (Fsp3) is 0.300. The van der Waals surface area contributed by atoms with Crippen molar-refractivity contribution in [2.75, 3.05) is 18.4 Å². The molecule has 2 amide bonds. The standard InChI is InChI=1S/C20H23N3O2/c21-19(24)18(15-8-3-1-4-9-15)23-13-7-10-16(14-23)20(25)22-17-11-5-2-6-12-17/h1-6,8-9,11-12,16,18H,7,10,13-14H2,(H2,21,24)(H,22,25)/t16-,18+/m1/s1. The Hall–Kier alpha value is -2.66. The monoisotopic (exact) mass is 337 g/mol. The molecule has 1 aliphatic rings. The Labute approximate surface area is 147 Å². The number of carbonyl (C=O) groups is 2. The van der Waals surface area contributed by atoms with Gasteiger partial charge >= 0.3 is 0 Å². The Bertz CT molecular complexity index is 718. The number of anilines is 1. The van der Waals surface area contributed by atoms with E-state index in [0.29, 0.717) is 6.54 Å². The van der Waals surface area contributed by atoms with Crippen molar-refractivity contribution in [3.05, 3.63) is 66.2 Å². The van der Waals surface area contributed by atoms with E-state index in [-0.39, 0.29) is 17.7 Å². The van der Waals surface area contributed by atoms with Crippen molar-refractivity contribution in [3.63, 3.8) is 0 Å². The highest BCUT2D eigenvalue weighted by Gasteiger charge is 2.33. The Morgan fingerprint density at radius 3 is 2.32 bits per heavy atom. The van der Waals surface area contributed by atoms with Crippen LogP contribution in [0, 0.1) is 5.92 Å². The molecule has 25 heavy (non-hydrogen) atoms. The molecule has 5 nitrogen and oxygen atoms in total. The number of carbonyl (C=O) groups excluding carboxylic acids is 2. The van der Waals surface area contributed by atoms with Gasteiger partial charge in [0.2, 0.25) is 11.8 Å². The summed E-state index contributed by atoms with van der Waals surface area (Å²) in [5.41, 5.74) is 7.33. The summed E-state index contributed by atoms with van der Waals surface area (Å²) in [6, 6.07) is 18.5. The second-order valence-electron chi connectivity index (χ2n) is 6.40. The lowest BCUT2D eigenvalue weighted by atomic mass is 9.93. The lowest BCUT2D eigenvalue weighted by Gasteiger charge is -2.36. The summed E-state index contributed by atoms with van der Waals surface area (Å²) >= 11 is 0. The fourth-order valence-corrected chi connectivity index (χ4v) is 3.41. The molecule has 3 N–H and O–H groups in total. The number of para-hydroxylation sites is 1. The second-order valence-corrected chi connectivity index (χ2v) is 6.40. The quantitative estimate of drug-likeness (QED) is 0.880. The van der Waals surface area contributed by atoms with Crippen LogP contribution in [0.2, 0.25) is 0 Å². The molecule has 0 aromatic heterocycles. The molecule has 0 saturated carbocycles. The first-order chi connectivity index (χ1) is 12.1. The van der Waals surface area contributed by atoms with Gasteiger partial charge in [0.1, 0.15) is 6.04 Å². The number of likely N-dealkylation sites (tertiary alicyclic amines) is 1. The van der Waals surface area contributed by atoms with Gasteiger partial charge in [-0.1, -0.05) is 48.5 Å². The molecule has 0 radical (unpaired) electrons. The zero-order valence-corrected chi connectivity index (χ0v) is 14.1. The first-order valence-electron chi connectivity index (χ1n) is 8.59. The van der Waals surface area contributed by atoms with Crippen LogP contribution in [0.3, 0.4) is 0 Å². The van der Waals surface area contributed by atoms with E-state index >= 15 is 0 Å². The number of hydrogen-bond donors (Lipinski definition) is 2. The van der Waals surface area contributed by atoms with Gasteiger partial charge in [-0.25, -0.2) is 0 Å². The number of primary amides is 1. The summed E-state index contributed by atoms with van der Waals surface area (Å²) in [5.74, 6) is -0.540. The largest absolute Gasteiger partial charge is 0.368 e. The number of rotatable bonds is 5. The topological polar surface area (TPSA) is 75.4 Å². The van der Waals surface area contributed by atoms with Crippen LogP contribution in [0.15, 0.2) is 60.7 Å². The van der Waals surface area contributed by atoms with Crippen LogP contribution in [0.1, 0.15) is 24.4 Å². The molecule has 2 atom stereocenters. The third kappa shape index (κ3) is 4.25. The van der Waals surface area contributed by atoms with Gasteiger partial charge in [0, 0.05) is 12.2 Å². The normalized spacial score (nSPS) is 19.1. The van der Waals surface area contributed by atoms with E-state index in [1.165, 1.54) is 0 Å². The molecule has 0 unspecified atom stereocenters. The number of piperidine rings is 1. The average molecular weight is 337 g/mol. The van der Waals surface area contributed by atoms with Crippen molar-refractivity contribution in [2.24, 2.45) is 11.7 Å². The SMILES string of the molecule is NC(=O)[C@H](c1ccccc1)N1CCC[C@@H](C(=O)Nc2ccccc2)C1. The smallest absolute Gasteiger partial charge is 0.239 e. The van der Waals surface area contributed by atoms with E-state index in [0.717, 1.165) is 30.6 Å². The summed E-state index contributed by atoms with van der Waals surface area (Å²) < 4.78 is 0. The van der Waals surface area contributed by atoms with Gasteiger partial charge < -0.3 is 11.1 Å². The molecule has 3 rings (SSSR count). The van der Waals surface area contributed by atoms with Crippen molar-refractivity contribution in [2.45, 2.75) is 18.9 Å². The van der Waals surface area contributed by atoms with Crippen LogP contribution in [-0.4, -0.2) is 29.8 Å². The molecule has 1 heterocycles. The van der Waals surface area contributed by atoms with Crippen LogP contribution >= 0.6 is 0 Å². The van der Waals surface area contributed by atoms with Crippen LogP contribution in [0.5, 0.6) is 0 Å². The van der Waals surface area contributed by atoms with Crippen LogP contribution in [0.25, 0.3) is 0 Å². The minimum Gasteiger partial charge on any atom is -0.368 e. The minimum atomic E-state index is -0.492. The molecule has 1 aliphatic heterocycles. The summed E-state index contributed by atoms with van der Waals surface area (Å²) in [4.78, 5) is 26.7. The molecule has 1 fully saturated rings. The van der Waals surface area contributed by atoms with Crippen LogP contribution < -0.4 is 11.1 Å². The van der Waals surface area contributed by atoms with E-state index in [9.17, 15) is 9.59 Å². The number of benzene rings is 2. The number of nitrogens with zero attached hydrogens (tertiary/aromatic N) is 1. The third-order valence-corrected chi connectivity index (χ3v) is 4.61. The highest BCUT2D eigenvalue weighted by molar-refractivity contribution is 5.92. The maximum atomic E-state index is 12.6. The van der Waals surface area contributed by atoms with E-state index < -0.39 is 6.04 Å². The van der Waals surface area contributed by atoms with E-state index in [4.69, 9.17) is 5.73 Å². The number of amides is 2. The number of nitrogens with two attached hydrogens (primary N) is 1. The van der Waals surface area contributed by atoms with Gasteiger partial charge in [-0.15, -0.1) is 0 Å². The molecule has 0 spiro atoms. The average Bonchev–Trinajstić information content (AvgIpc) is 2.63. The first kappa shape index (κ1) is 17.2. The summed E-state index contributed by atoms with van der Waals surface area (Å²) in [6.45, 7) is 1.29. The van der Waals surface area contributed by atoms with Gasteiger partial charge in [0.25, 0.3) is 0 Å². The molecule has 5 heteroatoms. The van der Waals surface area contributed by atoms with Gasteiger partial charge in [0.05, 0.1) is 5.92 Å². The molecule has 2 aromatic carbocycles. The van der Waals surface area contributed by atoms with Crippen molar-refractivity contribution in [1.82, 2.24) is 4.90 Å². The molecule has 0 aliphatic carbocycles. The van der Waals surface area contributed by atoms with Gasteiger partial charge in [-0.05, 0) is 37.1 Å². The fourth-order valence-electron chi connectivity index (χ4n) is 3.41. The highest BCUT2D eigenvalue weighted by Crippen LogP contribution is 2.27. The second kappa shape index (κ2) is 7.94. The summed E-state index contributed by atoms with van der Waals surface area (Å²) in [5, 5.41) is 2.96. The van der Waals surface area contributed by atoms with Gasteiger partial charge in [-0.3, -0.25) is 14.5 Å². The van der Waals surface area contributed by atoms with Crippen LogP contribution in [-0.2, 0) is 9.59 Å². The number of nitrogens with one attached hydrogen (secondary N) is 1. The lowest BCUT2D eigenvalue weighted by Crippen LogP contribution is -2.46. The zero-order chi connectivity index (χ0) is 17.6. The third-order valence-electron chi connectivity index (χ3n) is 4.61. The Morgan fingerprint density at radius 2 is 1.68 bits per heavy atom. The zero-order valence-electron chi connectivity index (χ0n) is 14.1. The number of hydrogen-bond acceptors (Lipinski definition) is 3. The molecule has 2 aromatic rings. The van der Waals surface area contributed by atoms with E-state index in [1.807, 2.05) is 65.6 Å². The molecule has 0 bridgehead atoms. The summed E-state index contributed by atoms with van der Waals surface area (Å²) in [7, 11) is 0. The van der Waals surface area contributed by atoms with Crippen LogP contribution in [0.4, 0.5) is 5.69 Å². The predicted molar refractivity (Wildman–Crippen MR) is 97.7 cm³/mol. The maximum absolute atomic E-state index is 12.6. The van der Waals surface area contributed by atoms with Gasteiger partial charge in [-0.2, -0.15) is 0 Å². The van der Waals surface area contributed by atoms with E-state index in [1.54, 1.807) is 0 Å². The van der Waals surface area contributed by atoms with Gasteiger partial charge in [0.15, 0.2) is 0 Å². The Morgan fingerprint density at radius 1 is 1.04 bits per heavy atom. The van der Waals surface area contributed by atoms with Crippen molar-refractivity contribution in [1.29, 1.82) is 0 Å². The maximum Gasteiger partial charge on any atom is 0.239 e. The molecular formula is C20H23N3O2. The first-order valence-corrected chi connectivity index (χ1v) is 8.59. The Kier molecular flexibility index (Phi) is 5.46. The minimum absolute atomic E-state index is 0.00724. The highest BCUT2D eigenvalue weighted by atomic mass is 16.2. The summed E-state index contributed by atoms with van der Waals surface area (Å²) in [6.07, 6.45) is 1.68. The van der Waals surface area contributed by atoms with Crippen molar-refractivity contribution < 1.29 is 9.59 Å².